The molecular formula is C4H2LiNO3. The molecule has 0 saturated carbocycles. The van der Waals surface area contributed by atoms with Crippen LogP contribution in [0.1, 0.15) is 10.7 Å². The second kappa shape index (κ2) is 3.33. The van der Waals surface area contributed by atoms with Crippen LogP contribution in [0.25, 0.3) is 0 Å². The van der Waals surface area contributed by atoms with Crippen molar-refractivity contribution in [2.45, 2.75) is 0 Å². The summed E-state index contributed by atoms with van der Waals surface area (Å²) in [6, 6.07) is 0. The van der Waals surface area contributed by atoms with Crippen LogP contribution >= 0.6 is 0 Å². The van der Waals surface area contributed by atoms with Crippen molar-refractivity contribution in [2.24, 2.45) is 0 Å². The number of nitrogens with zero attached hydrogens (tertiary/aromatic N) is 1. The minimum absolute atomic E-state index is 0. The Hall–Kier alpha value is -0.723. The summed E-state index contributed by atoms with van der Waals surface area (Å²) in [7, 11) is 0. The van der Waals surface area contributed by atoms with Gasteiger partial charge in [0.25, 0.3) is 0 Å². The van der Waals surface area contributed by atoms with Gasteiger partial charge < -0.3 is 14.3 Å². The molecule has 0 unspecified atom stereocenters. The molecule has 0 aromatic carbocycles. The largest absolute Gasteiger partial charge is 1.00 e. The molecule has 0 spiro atoms. The van der Waals surface area contributed by atoms with Crippen molar-refractivity contribution in [3.63, 3.8) is 0 Å². The second-order valence-electron chi connectivity index (χ2n) is 1.12. The molecule has 9 heavy (non-hydrogen) atoms. The van der Waals surface area contributed by atoms with Gasteiger partial charge in [0.05, 0.1) is 6.20 Å². The number of hydrogen-bond donors (Lipinski definition) is 0. The van der Waals surface area contributed by atoms with Crippen molar-refractivity contribution in [1.82, 2.24) is 4.98 Å². The van der Waals surface area contributed by atoms with Gasteiger partial charge in [0, 0.05) is 0 Å². The Kier molecular flexibility index (Phi) is 3.06. The van der Waals surface area contributed by atoms with Crippen molar-refractivity contribution < 1.29 is 33.2 Å². The maximum Gasteiger partial charge on any atom is 1.00 e. The maximum absolute atomic E-state index is 9.79. The molecule has 0 radical (unpaired) electrons. The molecule has 0 atom stereocenters. The zero-order valence-corrected chi connectivity index (χ0v) is 4.83. The molecule has 0 aliphatic heterocycles. The molecule has 4 nitrogen and oxygen atoms in total. The van der Waals surface area contributed by atoms with Crippen LogP contribution in [0.2, 0.25) is 0 Å². The predicted octanol–water partition coefficient (Wildman–Crippen LogP) is -3.96. The Morgan fingerprint density at radius 2 is 2.44 bits per heavy atom. The van der Waals surface area contributed by atoms with E-state index in [1.165, 1.54) is 12.5 Å². The average Bonchev–Trinajstić information content (AvgIpc) is 2.12. The third-order valence-electron chi connectivity index (χ3n) is 0.607. The first-order chi connectivity index (χ1) is 3.80. The molecule has 1 aromatic rings. The van der Waals surface area contributed by atoms with Gasteiger partial charge in [-0.05, 0) is 0 Å². The van der Waals surface area contributed by atoms with Gasteiger partial charge in [0.1, 0.15) is 12.2 Å². The van der Waals surface area contributed by atoms with Crippen LogP contribution in [0.5, 0.6) is 0 Å². The normalized spacial score (nSPS) is 8.00. The van der Waals surface area contributed by atoms with Gasteiger partial charge in [-0.3, -0.25) is 0 Å². The summed E-state index contributed by atoms with van der Waals surface area (Å²) < 4.78 is 4.32. The number of aromatic carboxylic acids is 1. The Morgan fingerprint density at radius 1 is 1.78 bits per heavy atom. The summed E-state index contributed by atoms with van der Waals surface area (Å²) in [5.74, 6) is -1.78. The van der Waals surface area contributed by atoms with Gasteiger partial charge in [-0.2, -0.15) is 0 Å². The average molecular weight is 119 g/mol. The summed E-state index contributed by atoms with van der Waals surface area (Å²) in [5, 5.41) is 9.79. The number of carboxylic acid groups (broad SMARTS) is 1. The van der Waals surface area contributed by atoms with Crippen molar-refractivity contribution >= 4 is 5.97 Å². The first kappa shape index (κ1) is 8.28. The fourth-order valence-electron chi connectivity index (χ4n) is 0.324. The van der Waals surface area contributed by atoms with Gasteiger partial charge in [-0.15, -0.1) is 0 Å². The van der Waals surface area contributed by atoms with Gasteiger partial charge in [-0.1, -0.05) is 0 Å². The van der Waals surface area contributed by atoms with Crippen LogP contribution in [-0.2, 0) is 0 Å². The Labute approximate surface area is 63.1 Å². The van der Waals surface area contributed by atoms with Crippen LogP contribution in [-0.4, -0.2) is 11.0 Å². The van der Waals surface area contributed by atoms with Crippen LogP contribution in [0.4, 0.5) is 0 Å². The number of hydrogen-bond acceptors (Lipinski definition) is 4. The van der Waals surface area contributed by atoms with Gasteiger partial charge in [0.2, 0.25) is 5.89 Å². The summed E-state index contributed by atoms with van der Waals surface area (Å²) in [6.45, 7) is 0. The van der Waals surface area contributed by atoms with Crippen molar-refractivity contribution in [3.8, 4) is 0 Å². The summed E-state index contributed by atoms with van der Waals surface area (Å²) >= 11 is 0. The van der Waals surface area contributed by atoms with Crippen LogP contribution in [0.15, 0.2) is 16.9 Å². The van der Waals surface area contributed by atoms with Gasteiger partial charge >= 0.3 is 18.9 Å². The smallest absolute Gasteiger partial charge is 0.540 e. The molecule has 42 valence electrons. The molecule has 5 heteroatoms. The minimum atomic E-state index is -1.39. The Bertz CT molecular complexity index is 184. The molecule has 0 N–H and O–H groups in total. The molecule has 0 aliphatic rings. The van der Waals surface area contributed by atoms with Gasteiger partial charge in [0.15, 0.2) is 0 Å². The second-order valence-corrected chi connectivity index (χ2v) is 1.12. The quantitative estimate of drug-likeness (QED) is 0.354. The molecule has 1 aromatic heterocycles. The molecule has 0 fully saturated rings. The minimum Gasteiger partial charge on any atom is -0.540 e. The number of aromatic nitrogens is 1. The molecule has 1 heterocycles. The Morgan fingerprint density at radius 3 is 2.67 bits per heavy atom. The van der Waals surface area contributed by atoms with Crippen molar-refractivity contribution in [1.29, 1.82) is 0 Å². The van der Waals surface area contributed by atoms with Crippen LogP contribution in [0.3, 0.4) is 0 Å². The number of rotatable bonds is 1. The van der Waals surface area contributed by atoms with E-state index in [4.69, 9.17) is 0 Å². The van der Waals surface area contributed by atoms with E-state index in [1.807, 2.05) is 0 Å². The van der Waals surface area contributed by atoms with Crippen LogP contribution < -0.4 is 24.0 Å². The number of carbonyl (C=O) groups excluding carboxylic acids is 1. The maximum atomic E-state index is 9.79. The number of carboxylic acids is 1. The third-order valence-corrected chi connectivity index (χ3v) is 0.607. The molecule has 0 amide bonds. The molecule has 0 saturated heterocycles. The molecule has 1 rings (SSSR count). The van der Waals surface area contributed by atoms with Crippen molar-refractivity contribution in [3.05, 3.63) is 18.4 Å². The summed E-state index contributed by atoms with van der Waals surface area (Å²) in [6.07, 6.45) is 2.41. The number of oxazole rings is 1. The molecular weight excluding hydrogens is 117 g/mol. The first-order valence-electron chi connectivity index (χ1n) is 1.91. The Balaban J connectivity index is 0.000000640. The molecule has 0 bridgehead atoms. The monoisotopic (exact) mass is 119 g/mol. The van der Waals surface area contributed by atoms with Crippen LogP contribution in [0, 0.1) is 0 Å². The summed E-state index contributed by atoms with van der Waals surface area (Å²) in [5.41, 5.74) is 0. The predicted molar refractivity (Wildman–Crippen MR) is 20.8 cm³/mol. The SMILES string of the molecule is O=C([O-])c1ncco1.[Li+]. The van der Waals surface area contributed by atoms with E-state index < -0.39 is 5.97 Å². The fourth-order valence-corrected chi connectivity index (χ4v) is 0.324. The third kappa shape index (κ3) is 1.92. The van der Waals surface area contributed by atoms with E-state index in [1.54, 1.807) is 0 Å². The standard InChI is InChI=1S/C4H3NO3.Li/c6-4(7)3-5-1-2-8-3;/h1-2H,(H,6,7);/q;+1/p-1. The van der Waals surface area contributed by atoms with E-state index in [0.717, 1.165) is 0 Å². The summed E-state index contributed by atoms with van der Waals surface area (Å²) in [4.78, 5) is 13.1. The zero-order chi connectivity index (χ0) is 5.98. The van der Waals surface area contributed by atoms with E-state index in [-0.39, 0.29) is 24.8 Å². The van der Waals surface area contributed by atoms with Gasteiger partial charge in [-0.25, -0.2) is 4.98 Å². The van der Waals surface area contributed by atoms with E-state index >= 15 is 0 Å². The topological polar surface area (TPSA) is 66.2 Å². The zero-order valence-electron chi connectivity index (χ0n) is 4.83. The first-order valence-corrected chi connectivity index (χ1v) is 1.91. The van der Waals surface area contributed by atoms with E-state index in [0.29, 0.717) is 0 Å². The van der Waals surface area contributed by atoms with E-state index in [2.05, 4.69) is 9.40 Å². The number of carbonyl (C=O) groups is 1. The van der Waals surface area contributed by atoms with E-state index in [9.17, 15) is 9.90 Å². The van der Waals surface area contributed by atoms with Crippen molar-refractivity contribution in [2.75, 3.05) is 0 Å². The molecule has 0 aliphatic carbocycles. The fraction of sp³-hybridized carbons (Fsp3) is 0.